The molecule has 3 nitrogen and oxygen atoms in total. The fourth-order valence-corrected chi connectivity index (χ4v) is 1.72. The number of benzene rings is 1. The SMILES string of the molecule is COc1cc(F)c(Br)cc1C(O)COCC(F)(F)F. The molecule has 1 unspecified atom stereocenters. The highest BCUT2D eigenvalue weighted by Crippen LogP contribution is 2.31. The van der Waals surface area contributed by atoms with Crippen LogP contribution in [0.4, 0.5) is 17.6 Å². The third kappa shape index (κ3) is 4.96. The van der Waals surface area contributed by atoms with Crippen LogP contribution in [-0.4, -0.2) is 31.6 Å². The molecular formula is C11H11BrF4O3. The Kier molecular flexibility index (Phi) is 5.57. The number of halogens is 5. The molecule has 8 heteroatoms. The molecule has 0 heterocycles. The van der Waals surface area contributed by atoms with Gasteiger partial charge in [0.25, 0.3) is 0 Å². The molecule has 1 aromatic carbocycles. The van der Waals surface area contributed by atoms with E-state index >= 15 is 0 Å². The fraction of sp³-hybridized carbons (Fsp3) is 0.455. The first-order valence-electron chi connectivity index (χ1n) is 5.10. The number of methoxy groups -OCH3 is 1. The van der Waals surface area contributed by atoms with Crippen molar-refractivity contribution in [3.05, 3.63) is 28.0 Å². The molecule has 0 fully saturated rings. The van der Waals surface area contributed by atoms with E-state index in [4.69, 9.17) is 4.74 Å². The van der Waals surface area contributed by atoms with E-state index in [1.807, 2.05) is 0 Å². The number of rotatable bonds is 5. The molecule has 0 radical (unpaired) electrons. The van der Waals surface area contributed by atoms with Crippen LogP contribution in [-0.2, 0) is 4.74 Å². The average Bonchev–Trinajstić information content (AvgIpc) is 2.30. The molecule has 108 valence electrons. The zero-order valence-electron chi connectivity index (χ0n) is 9.80. The van der Waals surface area contributed by atoms with E-state index in [1.54, 1.807) is 0 Å². The summed E-state index contributed by atoms with van der Waals surface area (Å²) in [4.78, 5) is 0. The van der Waals surface area contributed by atoms with Gasteiger partial charge in [-0.2, -0.15) is 13.2 Å². The van der Waals surface area contributed by atoms with E-state index < -0.39 is 31.3 Å². The molecule has 1 aromatic rings. The number of hydrogen-bond donors (Lipinski definition) is 1. The lowest BCUT2D eigenvalue weighted by molar-refractivity contribution is -0.179. The van der Waals surface area contributed by atoms with Gasteiger partial charge in [-0.25, -0.2) is 4.39 Å². The van der Waals surface area contributed by atoms with Crippen LogP contribution >= 0.6 is 15.9 Å². The highest BCUT2D eigenvalue weighted by Gasteiger charge is 2.28. The van der Waals surface area contributed by atoms with Gasteiger partial charge in [-0.3, -0.25) is 0 Å². The predicted octanol–water partition coefficient (Wildman–Crippen LogP) is 3.21. The van der Waals surface area contributed by atoms with Gasteiger partial charge in [0.2, 0.25) is 0 Å². The lowest BCUT2D eigenvalue weighted by atomic mass is 10.1. The minimum atomic E-state index is -4.47. The van der Waals surface area contributed by atoms with Crippen molar-refractivity contribution in [1.29, 1.82) is 0 Å². The molecule has 0 aromatic heterocycles. The summed E-state index contributed by atoms with van der Waals surface area (Å²) in [5.41, 5.74) is 0.137. The van der Waals surface area contributed by atoms with Crippen LogP contribution < -0.4 is 4.74 Å². The summed E-state index contributed by atoms with van der Waals surface area (Å²) in [7, 11) is 1.26. The Labute approximate surface area is 115 Å². The highest BCUT2D eigenvalue weighted by atomic mass is 79.9. The fourth-order valence-electron chi connectivity index (χ4n) is 1.36. The highest BCUT2D eigenvalue weighted by molar-refractivity contribution is 9.10. The Bertz CT molecular complexity index is 437. The minimum Gasteiger partial charge on any atom is -0.496 e. The lowest BCUT2D eigenvalue weighted by Gasteiger charge is -2.16. The number of aliphatic hydroxyl groups is 1. The van der Waals surface area contributed by atoms with Gasteiger partial charge in [0.15, 0.2) is 0 Å². The quantitative estimate of drug-likeness (QED) is 0.832. The monoisotopic (exact) mass is 346 g/mol. The maximum Gasteiger partial charge on any atom is 0.411 e. The van der Waals surface area contributed by atoms with Gasteiger partial charge in [-0.05, 0) is 22.0 Å². The van der Waals surface area contributed by atoms with Gasteiger partial charge in [0, 0.05) is 11.6 Å². The summed E-state index contributed by atoms with van der Waals surface area (Å²) in [6.45, 7) is -2.04. The van der Waals surface area contributed by atoms with Crippen LogP contribution in [0.3, 0.4) is 0 Å². The van der Waals surface area contributed by atoms with Gasteiger partial charge in [-0.1, -0.05) is 0 Å². The third-order valence-corrected chi connectivity index (χ3v) is 2.78. The van der Waals surface area contributed by atoms with E-state index in [0.29, 0.717) is 0 Å². The van der Waals surface area contributed by atoms with E-state index in [2.05, 4.69) is 20.7 Å². The van der Waals surface area contributed by atoms with Crippen molar-refractivity contribution >= 4 is 15.9 Å². The first-order valence-corrected chi connectivity index (χ1v) is 5.89. The van der Waals surface area contributed by atoms with E-state index in [9.17, 15) is 22.7 Å². The van der Waals surface area contributed by atoms with Crippen LogP contribution in [0.25, 0.3) is 0 Å². The Hall–Kier alpha value is -0.860. The summed E-state index contributed by atoms with van der Waals surface area (Å²) in [6.07, 6.45) is -5.82. The van der Waals surface area contributed by atoms with Crippen LogP contribution in [0.2, 0.25) is 0 Å². The number of hydrogen-bond acceptors (Lipinski definition) is 3. The van der Waals surface area contributed by atoms with Crippen molar-refractivity contribution in [3.63, 3.8) is 0 Å². The topological polar surface area (TPSA) is 38.7 Å². The zero-order chi connectivity index (χ0) is 14.6. The second kappa shape index (κ2) is 6.53. The van der Waals surface area contributed by atoms with Crippen LogP contribution in [0.15, 0.2) is 16.6 Å². The van der Waals surface area contributed by atoms with Gasteiger partial charge in [-0.15, -0.1) is 0 Å². The van der Waals surface area contributed by atoms with E-state index in [1.165, 1.54) is 13.2 Å². The molecule has 0 amide bonds. The Morgan fingerprint density at radius 1 is 1.37 bits per heavy atom. The van der Waals surface area contributed by atoms with E-state index in [-0.39, 0.29) is 15.8 Å². The summed E-state index contributed by atoms with van der Waals surface area (Å²) in [6, 6.07) is 2.25. The third-order valence-electron chi connectivity index (χ3n) is 2.17. The van der Waals surface area contributed by atoms with Crippen LogP contribution in [0, 0.1) is 5.82 Å². The smallest absolute Gasteiger partial charge is 0.411 e. The second-order valence-electron chi connectivity index (χ2n) is 3.65. The zero-order valence-corrected chi connectivity index (χ0v) is 11.4. The predicted molar refractivity (Wildman–Crippen MR) is 62.5 cm³/mol. The maximum absolute atomic E-state index is 13.2. The molecule has 0 aliphatic rings. The molecule has 0 saturated carbocycles. The summed E-state index contributed by atoms with van der Waals surface area (Å²) < 4.78 is 58.1. The normalized spacial score (nSPS) is 13.4. The maximum atomic E-state index is 13.2. The Morgan fingerprint density at radius 3 is 2.53 bits per heavy atom. The molecular weight excluding hydrogens is 336 g/mol. The minimum absolute atomic E-state index is 0.0313. The van der Waals surface area contributed by atoms with Crippen molar-refractivity contribution in [3.8, 4) is 5.75 Å². The number of ether oxygens (including phenoxy) is 2. The molecule has 1 N–H and O–H groups in total. The molecule has 19 heavy (non-hydrogen) atoms. The molecule has 0 aliphatic carbocycles. The molecule has 0 saturated heterocycles. The lowest BCUT2D eigenvalue weighted by Crippen LogP contribution is -2.20. The van der Waals surface area contributed by atoms with Gasteiger partial charge in [0.05, 0.1) is 18.2 Å². The summed E-state index contributed by atoms with van der Waals surface area (Å²) in [5.74, 6) is -0.576. The number of aliphatic hydroxyl groups excluding tert-OH is 1. The largest absolute Gasteiger partial charge is 0.496 e. The molecule has 0 bridgehead atoms. The van der Waals surface area contributed by atoms with Gasteiger partial charge >= 0.3 is 6.18 Å². The van der Waals surface area contributed by atoms with Crippen molar-refractivity contribution in [2.75, 3.05) is 20.3 Å². The standard InChI is InChI=1S/C11H11BrF4O3/c1-18-10-3-8(13)7(12)2-6(10)9(17)4-19-5-11(14,15)16/h2-3,9,17H,4-5H2,1H3. The van der Waals surface area contributed by atoms with Crippen molar-refractivity contribution < 1.29 is 32.1 Å². The first kappa shape index (κ1) is 16.2. The average molecular weight is 347 g/mol. The molecule has 0 spiro atoms. The van der Waals surface area contributed by atoms with Crippen molar-refractivity contribution in [2.24, 2.45) is 0 Å². The second-order valence-corrected chi connectivity index (χ2v) is 4.51. The summed E-state index contributed by atoms with van der Waals surface area (Å²) >= 11 is 2.92. The first-order chi connectivity index (χ1) is 8.74. The van der Waals surface area contributed by atoms with Crippen molar-refractivity contribution in [2.45, 2.75) is 12.3 Å². The van der Waals surface area contributed by atoms with Crippen LogP contribution in [0.5, 0.6) is 5.75 Å². The molecule has 1 rings (SSSR count). The van der Waals surface area contributed by atoms with Crippen molar-refractivity contribution in [1.82, 2.24) is 0 Å². The molecule has 1 atom stereocenters. The van der Waals surface area contributed by atoms with E-state index in [0.717, 1.165) is 6.07 Å². The van der Waals surface area contributed by atoms with Crippen LogP contribution in [0.1, 0.15) is 11.7 Å². The van der Waals surface area contributed by atoms with Gasteiger partial charge in [0.1, 0.15) is 24.3 Å². The van der Waals surface area contributed by atoms with Gasteiger partial charge < -0.3 is 14.6 Å². The Morgan fingerprint density at radius 2 is 2.00 bits per heavy atom. The number of alkyl halides is 3. The molecule has 0 aliphatic heterocycles. The Balaban J connectivity index is 2.76. The summed E-state index contributed by atoms with van der Waals surface area (Å²) in [5, 5.41) is 9.73.